The number of halogens is 1. The minimum atomic E-state index is -0.651. The summed E-state index contributed by atoms with van der Waals surface area (Å²) in [5.41, 5.74) is 1.14. The summed E-state index contributed by atoms with van der Waals surface area (Å²) in [7, 11) is 1.89. The highest BCUT2D eigenvalue weighted by Crippen LogP contribution is 2.22. The maximum atomic E-state index is 13.9. The van der Waals surface area contributed by atoms with Gasteiger partial charge < -0.3 is 5.32 Å². The number of hydrogen-bond acceptors (Lipinski definition) is 2. The normalized spacial score (nSPS) is 19.9. The van der Waals surface area contributed by atoms with E-state index in [1.807, 2.05) is 19.4 Å². The minimum absolute atomic E-state index is 0.262. The van der Waals surface area contributed by atoms with Gasteiger partial charge >= 0.3 is 0 Å². The molecule has 1 aliphatic heterocycles. The highest BCUT2D eigenvalue weighted by atomic mass is 19.1. The van der Waals surface area contributed by atoms with Crippen molar-refractivity contribution in [2.75, 3.05) is 13.1 Å². The molecule has 1 fully saturated rings. The zero-order valence-electron chi connectivity index (χ0n) is 9.82. The molecule has 1 N–H and O–H groups in total. The lowest BCUT2D eigenvalue weighted by Crippen LogP contribution is -2.32. The van der Waals surface area contributed by atoms with E-state index in [-0.39, 0.29) is 5.92 Å². The second-order valence-corrected chi connectivity index (χ2v) is 4.66. The number of nitrogens with one attached hydrogen (secondary N) is 1. The van der Waals surface area contributed by atoms with Crippen LogP contribution in [-0.4, -0.2) is 29.0 Å². The van der Waals surface area contributed by atoms with Crippen LogP contribution in [0.2, 0.25) is 0 Å². The third kappa shape index (κ3) is 3.04. The summed E-state index contributed by atoms with van der Waals surface area (Å²) in [4.78, 5) is 0. The summed E-state index contributed by atoms with van der Waals surface area (Å²) in [6.07, 6.45) is 6.55. The maximum absolute atomic E-state index is 13.9. The molecule has 1 saturated heterocycles. The van der Waals surface area contributed by atoms with Crippen LogP contribution in [0.15, 0.2) is 12.4 Å². The maximum Gasteiger partial charge on any atom is 0.103 e. The van der Waals surface area contributed by atoms with Crippen molar-refractivity contribution in [1.29, 1.82) is 0 Å². The lowest BCUT2D eigenvalue weighted by molar-refractivity contribution is 0.178. The highest BCUT2D eigenvalue weighted by molar-refractivity contribution is 5.03. The second kappa shape index (κ2) is 5.43. The molecule has 0 aliphatic carbocycles. The first-order valence-corrected chi connectivity index (χ1v) is 6.08. The first-order chi connectivity index (χ1) is 7.75. The van der Waals surface area contributed by atoms with Crippen molar-refractivity contribution in [3.63, 3.8) is 0 Å². The summed E-state index contributed by atoms with van der Waals surface area (Å²) in [5.74, 6) is 0.262. The van der Waals surface area contributed by atoms with Crippen LogP contribution in [0.3, 0.4) is 0 Å². The molecule has 0 aromatic carbocycles. The molecule has 1 aromatic rings. The monoisotopic (exact) mass is 225 g/mol. The fourth-order valence-corrected chi connectivity index (χ4v) is 2.35. The quantitative estimate of drug-likeness (QED) is 0.845. The Morgan fingerprint density at radius 2 is 2.31 bits per heavy atom. The smallest absolute Gasteiger partial charge is 0.103 e. The molecule has 90 valence electrons. The van der Waals surface area contributed by atoms with Crippen LogP contribution in [0.1, 0.15) is 24.8 Å². The van der Waals surface area contributed by atoms with Gasteiger partial charge in [-0.1, -0.05) is 0 Å². The van der Waals surface area contributed by atoms with Crippen molar-refractivity contribution < 1.29 is 4.39 Å². The lowest BCUT2D eigenvalue weighted by atomic mass is 9.90. The van der Waals surface area contributed by atoms with Crippen LogP contribution in [0, 0.1) is 5.92 Å². The van der Waals surface area contributed by atoms with E-state index in [2.05, 4.69) is 10.4 Å². The van der Waals surface area contributed by atoms with E-state index >= 15 is 0 Å². The van der Waals surface area contributed by atoms with Crippen molar-refractivity contribution in [3.8, 4) is 0 Å². The number of piperidine rings is 1. The van der Waals surface area contributed by atoms with Gasteiger partial charge in [0.1, 0.15) is 6.17 Å². The third-order valence-electron chi connectivity index (χ3n) is 3.36. The van der Waals surface area contributed by atoms with Gasteiger partial charge in [-0.2, -0.15) is 5.10 Å². The van der Waals surface area contributed by atoms with E-state index < -0.39 is 6.17 Å². The van der Waals surface area contributed by atoms with Gasteiger partial charge in [-0.05, 0) is 50.3 Å². The molecule has 3 nitrogen and oxygen atoms in total. The van der Waals surface area contributed by atoms with E-state index in [0.717, 1.165) is 37.9 Å². The standard InChI is InChI=1S/C12H20FN3/c1-16-9-10(8-15-16)2-3-12(13)11-4-6-14-7-5-11/h8-9,11-12,14H,2-7H2,1H3. The molecule has 1 atom stereocenters. The Balaban J connectivity index is 1.76. The Hall–Kier alpha value is -0.900. The SMILES string of the molecule is Cn1cc(CCC(F)C2CCNCC2)cn1. The fraction of sp³-hybridized carbons (Fsp3) is 0.750. The van der Waals surface area contributed by atoms with Gasteiger partial charge in [0.05, 0.1) is 6.20 Å². The Bertz CT molecular complexity index is 318. The summed E-state index contributed by atoms with van der Waals surface area (Å²) < 4.78 is 15.7. The number of nitrogens with zero attached hydrogens (tertiary/aromatic N) is 2. The van der Waals surface area contributed by atoms with Crippen LogP contribution in [-0.2, 0) is 13.5 Å². The zero-order valence-corrected chi connectivity index (χ0v) is 9.82. The van der Waals surface area contributed by atoms with Gasteiger partial charge in [-0.3, -0.25) is 4.68 Å². The second-order valence-electron chi connectivity index (χ2n) is 4.66. The molecule has 0 saturated carbocycles. The third-order valence-corrected chi connectivity index (χ3v) is 3.36. The van der Waals surface area contributed by atoms with Crippen LogP contribution in [0.4, 0.5) is 4.39 Å². The van der Waals surface area contributed by atoms with Gasteiger partial charge in [-0.15, -0.1) is 0 Å². The van der Waals surface area contributed by atoms with Gasteiger partial charge in [-0.25, -0.2) is 4.39 Å². The van der Waals surface area contributed by atoms with Crippen molar-refractivity contribution in [3.05, 3.63) is 18.0 Å². The Labute approximate surface area is 96.0 Å². The molecule has 0 spiro atoms. The lowest BCUT2D eigenvalue weighted by Gasteiger charge is -2.25. The van der Waals surface area contributed by atoms with Crippen molar-refractivity contribution in [2.45, 2.75) is 31.9 Å². The van der Waals surface area contributed by atoms with Crippen LogP contribution in [0.5, 0.6) is 0 Å². The van der Waals surface area contributed by atoms with Gasteiger partial charge in [0.25, 0.3) is 0 Å². The molecule has 2 heterocycles. The summed E-state index contributed by atoms with van der Waals surface area (Å²) >= 11 is 0. The molecular weight excluding hydrogens is 205 g/mol. The topological polar surface area (TPSA) is 29.9 Å². The molecular formula is C12H20FN3. The molecule has 0 radical (unpaired) electrons. The van der Waals surface area contributed by atoms with Crippen LogP contribution < -0.4 is 5.32 Å². The molecule has 1 aliphatic rings. The number of aromatic nitrogens is 2. The summed E-state index contributed by atoms with van der Waals surface area (Å²) in [5, 5.41) is 7.36. The molecule has 0 bridgehead atoms. The van der Waals surface area contributed by atoms with Gasteiger partial charge in [0.2, 0.25) is 0 Å². The first-order valence-electron chi connectivity index (χ1n) is 6.08. The molecule has 0 amide bonds. The van der Waals surface area contributed by atoms with E-state index in [1.165, 1.54) is 0 Å². The molecule has 4 heteroatoms. The molecule has 1 aromatic heterocycles. The van der Waals surface area contributed by atoms with Crippen LogP contribution >= 0.6 is 0 Å². The van der Waals surface area contributed by atoms with E-state index in [4.69, 9.17) is 0 Å². The Morgan fingerprint density at radius 1 is 1.56 bits per heavy atom. The largest absolute Gasteiger partial charge is 0.317 e. The van der Waals surface area contributed by atoms with E-state index in [0.29, 0.717) is 6.42 Å². The number of hydrogen-bond donors (Lipinski definition) is 1. The van der Waals surface area contributed by atoms with Crippen molar-refractivity contribution in [1.82, 2.24) is 15.1 Å². The Morgan fingerprint density at radius 3 is 2.94 bits per heavy atom. The summed E-state index contributed by atoms with van der Waals surface area (Å²) in [6.45, 7) is 1.94. The minimum Gasteiger partial charge on any atom is -0.317 e. The van der Waals surface area contributed by atoms with Crippen molar-refractivity contribution in [2.24, 2.45) is 13.0 Å². The average Bonchev–Trinajstić information content (AvgIpc) is 2.73. The van der Waals surface area contributed by atoms with E-state index in [9.17, 15) is 4.39 Å². The molecule has 1 unspecified atom stereocenters. The van der Waals surface area contributed by atoms with Crippen molar-refractivity contribution >= 4 is 0 Å². The van der Waals surface area contributed by atoms with Crippen LogP contribution in [0.25, 0.3) is 0 Å². The Kier molecular flexibility index (Phi) is 3.93. The number of aryl methyl sites for hydroxylation is 2. The van der Waals surface area contributed by atoms with Gasteiger partial charge in [0, 0.05) is 13.2 Å². The fourth-order valence-electron chi connectivity index (χ4n) is 2.35. The van der Waals surface area contributed by atoms with E-state index in [1.54, 1.807) is 4.68 Å². The summed E-state index contributed by atoms with van der Waals surface area (Å²) in [6, 6.07) is 0. The average molecular weight is 225 g/mol. The molecule has 2 rings (SSSR count). The first kappa shape index (κ1) is 11.6. The zero-order chi connectivity index (χ0) is 11.4. The highest BCUT2D eigenvalue weighted by Gasteiger charge is 2.22. The predicted octanol–water partition coefficient (Wildman–Crippen LogP) is 1.69. The number of rotatable bonds is 4. The number of alkyl halides is 1. The predicted molar refractivity (Wildman–Crippen MR) is 62.0 cm³/mol. The van der Waals surface area contributed by atoms with Gasteiger partial charge in [0.15, 0.2) is 0 Å². The molecule has 16 heavy (non-hydrogen) atoms.